The quantitative estimate of drug-likeness (QED) is 0.379. The first-order valence-electron chi connectivity index (χ1n) is 3.68. The lowest BCUT2D eigenvalue weighted by atomic mass is 9.84. The molecule has 3 heterocycles. The molecule has 0 saturated carbocycles. The normalized spacial score (nSPS) is 44.6. The third kappa shape index (κ3) is 0.716. The first kappa shape index (κ1) is 5.75. The molecule has 50 valence electrons. The Labute approximate surface area is 57.2 Å². The van der Waals surface area contributed by atoms with E-state index >= 15 is 0 Å². The van der Waals surface area contributed by atoms with Crippen LogP contribution in [0.2, 0.25) is 0 Å². The van der Waals surface area contributed by atoms with Gasteiger partial charge in [0.15, 0.2) is 7.98 Å². The molecule has 3 aliphatic heterocycles. The maximum atomic E-state index is 2.50. The van der Waals surface area contributed by atoms with Gasteiger partial charge < -0.3 is 9.71 Å². The van der Waals surface area contributed by atoms with Crippen LogP contribution in [-0.4, -0.2) is 49.9 Å². The smallest absolute Gasteiger partial charge is 0.186 e. The van der Waals surface area contributed by atoms with Crippen molar-refractivity contribution >= 4 is 7.98 Å². The van der Waals surface area contributed by atoms with Crippen LogP contribution in [0.25, 0.3) is 0 Å². The molecule has 0 radical (unpaired) electrons. The molecular weight excluding hydrogens is 111 g/mol. The van der Waals surface area contributed by atoms with Crippen molar-refractivity contribution in [3.05, 3.63) is 0 Å². The summed E-state index contributed by atoms with van der Waals surface area (Å²) in [7, 11) is 4.46. The molecule has 2 bridgehead atoms. The molecule has 0 aromatic rings. The summed E-state index contributed by atoms with van der Waals surface area (Å²) in [4.78, 5) is 4.93. The summed E-state index contributed by atoms with van der Waals surface area (Å²) < 4.78 is 0. The summed E-state index contributed by atoms with van der Waals surface area (Å²) in [6, 6.07) is 1.77. The number of hydrogen-bond acceptors (Lipinski definition) is 2. The molecule has 2 nitrogen and oxygen atoms in total. The van der Waals surface area contributed by atoms with Crippen LogP contribution in [-0.2, 0) is 0 Å². The van der Waals surface area contributed by atoms with Crippen LogP contribution < -0.4 is 0 Å². The summed E-state index contributed by atoms with van der Waals surface area (Å²) in [6.45, 7) is 2.57. The van der Waals surface area contributed by atoms with Crippen LogP contribution in [0.5, 0.6) is 0 Å². The van der Waals surface area contributed by atoms with Crippen molar-refractivity contribution in [2.24, 2.45) is 0 Å². The van der Waals surface area contributed by atoms with Crippen LogP contribution in [0.15, 0.2) is 0 Å². The average molecular weight is 124 g/mol. The van der Waals surface area contributed by atoms with Gasteiger partial charge in [0.1, 0.15) is 0 Å². The molecule has 3 heteroatoms. The fraction of sp³-hybridized carbons (Fsp3) is 1.00. The van der Waals surface area contributed by atoms with Gasteiger partial charge >= 0.3 is 0 Å². The lowest BCUT2D eigenvalue weighted by molar-refractivity contribution is 0.00641. The zero-order chi connectivity index (χ0) is 6.43. The Balaban J connectivity index is 2.01. The molecule has 9 heavy (non-hydrogen) atoms. The van der Waals surface area contributed by atoms with Crippen LogP contribution >= 0.6 is 0 Å². The lowest BCUT2D eigenvalue weighted by Crippen LogP contribution is -2.66. The number of nitrogens with zero attached hydrogens (tertiary/aromatic N) is 2. The molecule has 0 N–H and O–H groups in total. The minimum Gasteiger partial charge on any atom is -0.341 e. The maximum absolute atomic E-state index is 2.50. The van der Waals surface area contributed by atoms with Gasteiger partial charge in [0.25, 0.3) is 0 Å². The Morgan fingerprint density at radius 3 is 2.22 bits per heavy atom. The topological polar surface area (TPSA) is 6.48 Å². The van der Waals surface area contributed by atoms with E-state index in [4.69, 9.17) is 0 Å². The highest BCUT2D eigenvalue weighted by molar-refractivity contribution is 6.05. The van der Waals surface area contributed by atoms with Crippen molar-refractivity contribution < 1.29 is 0 Å². The Kier molecular flexibility index (Phi) is 1.11. The third-order valence-corrected chi connectivity index (χ3v) is 2.74. The van der Waals surface area contributed by atoms with Gasteiger partial charge in [-0.3, -0.25) is 0 Å². The SMILES string of the molecule is BN1C2CC1CN(C)C2. The first-order valence-corrected chi connectivity index (χ1v) is 3.68. The molecule has 0 aliphatic carbocycles. The second-order valence-electron chi connectivity index (χ2n) is 3.43. The minimum atomic E-state index is 0.883. The van der Waals surface area contributed by atoms with Gasteiger partial charge in [-0.1, -0.05) is 0 Å². The largest absolute Gasteiger partial charge is 0.341 e. The van der Waals surface area contributed by atoms with E-state index in [-0.39, 0.29) is 0 Å². The van der Waals surface area contributed by atoms with Gasteiger partial charge in [0.05, 0.1) is 0 Å². The molecule has 0 spiro atoms. The van der Waals surface area contributed by atoms with Gasteiger partial charge in [-0.05, 0) is 13.5 Å². The van der Waals surface area contributed by atoms with E-state index < -0.39 is 0 Å². The molecule has 2 unspecified atom stereocenters. The molecule has 2 atom stereocenters. The van der Waals surface area contributed by atoms with Crippen LogP contribution in [0.1, 0.15) is 6.42 Å². The number of fused-ring (bicyclic) bond motifs is 2. The van der Waals surface area contributed by atoms with Crippen molar-refractivity contribution in [2.45, 2.75) is 18.5 Å². The summed E-state index contributed by atoms with van der Waals surface area (Å²) in [5.74, 6) is 0. The van der Waals surface area contributed by atoms with E-state index in [1.165, 1.54) is 19.5 Å². The molecule has 0 aromatic carbocycles. The predicted octanol–water partition coefficient (Wildman–Crippen LogP) is -1.08. The highest BCUT2D eigenvalue weighted by Gasteiger charge is 2.39. The fourth-order valence-corrected chi connectivity index (χ4v) is 2.01. The van der Waals surface area contributed by atoms with Crippen molar-refractivity contribution in [2.75, 3.05) is 20.1 Å². The standard InChI is InChI=1S/C6H13BN2/c1-8-3-5-2-6(4-8)9(5)7/h5-6H,2-4,7H2,1H3. The fourth-order valence-electron chi connectivity index (χ4n) is 2.01. The Morgan fingerprint density at radius 1 is 1.33 bits per heavy atom. The lowest BCUT2D eigenvalue weighted by Gasteiger charge is -2.54. The second kappa shape index (κ2) is 1.73. The molecule has 0 amide bonds. The number of piperidine rings is 1. The van der Waals surface area contributed by atoms with Crippen LogP contribution in [0, 0.1) is 0 Å². The number of piperazine rings is 1. The Hall–Kier alpha value is -0.0151. The van der Waals surface area contributed by atoms with E-state index in [1.807, 2.05) is 0 Å². The molecule has 3 rings (SSSR count). The van der Waals surface area contributed by atoms with Crippen molar-refractivity contribution in [1.29, 1.82) is 0 Å². The zero-order valence-corrected chi connectivity index (χ0v) is 6.17. The molecule has 3 fully saturated rings. The zero-order valence-electron chi connectivity index (χ0n) is 6.17. The third-order valence-electron chi connectivity index (χ3n) is 2.74. The van der Waals surface area contributed by atoms with Gasteiger partial charge in [0.2, 0.25) is 0 Å². The predicted molar refractivity (Wildman–Crippen MR) is 40.1 cm³/mol. The minimum absolute atomic E-state index is 0.883. The van der Waals surface area contributed by atoms with E-state index in [1.54, 1.807) is 0 Å². The highest BCUT2D eigenvalue weighted by atomic mass is 15.3. The molecular formula is C6H13BN2. The number of likely N-dealkylation sites (N-methyl/N-ethyl adjacent to an activating group) is 1. The summed E-state index contributed by atoms with van der Waals surface area (Å²) in [6.07, 6.45) is 1.45. The van der Waals surface area contributed by atoms with Crippen LogP contribution in [0.3, 0.4) is 0 Å². The van der Waals surface area contributed by atoms with Crippen LogP contribution in [0.4, 0.5) is 0 Å². The molecule has 3 saturated heterocycles. The van der Waals surface area contributed by atoms with Gasteiger partial charge in [0, 0.05) is 25.2 Å². The maximum Gasteiger partial charge on any atom is 0.186 e. The van der Waals surface area contributed by atoms with Crippen molar-refractivity contribution in [1.82, 2.24) is 9.71 Å². The Bertz CT molecular complexity index is 116. The van der Waals surface area contributed by atoms with E-state index in [0.29, 0.717) is 0 Å². The highest BCUT2D eigenvalue weighted by Crippen LogP contribution is 2.28. The van der Waals surface area contributed by atoms with Crippen molar-refractivity contribution in [3.8, 4) is 0 Å². The molecule has 3 aliphatic rings. The van der Waals surface area contributed by atoms with Gasteiger partial charge in [-0.25, -0.2) is 0 Å². The number of hydrogen-bond donors (Lipinski definition) is 0. The summed E-state index contributed by atoms with van der Waals surface area (Å²) in [5, 5.41) is 0. The van der Waals surface area contributed by atoms with Crippen molar-refractivity contribution in [3.63, 3.8) is 0 Å². The van der Waals surface area contributed by atoms with Gasteiger partial charge in [-0.15, -0.1) is 0 Å². The summed E-state index contributed by atoms with van der Waals surface area (Å²) >= 11 is 0. The molecule has 0 aromatic heterocycles. The summed E-state index contributed by atoms with van der Waals surface area (Å²) in [5.41, 5.74) is 0. The monoisotopic (exact) mass is 124 g/mol. The van der Waals surface area contributed by atoms with E-state index in [0.717, 1.165) is 12.1 Å². The van der Waals surface area contributed by atoms with E-state index in [2.05, 4.69) is 24.7 Å². The second-order valence-corrected chi connectivity index (χ2v) is 3.43. The van der Waals surface area contributed by atoms with E-state index in [9.17, 15) is 0 Å². The van der Waals surface area contributed by atoms with Gasteiger partial charge in [-0.2, -0.15) is 0 Å². The number of rotatable bonds is 0. The first-order chi connectivity index (χ1) is 4.27. The Morgan fingerprint density at radius 2 is 1.89 bits per heavy atom. The average Bonchev–Trinajstić information content (AvgIpc) is 1.87.